The highest BCUT2D eigenvalue weighted by atomic mass is 19.1. The second kappa shape index (κ2) is 9.86. The molecule has 0 radical (unpaired) electrons. The van der Waals surface area contributed by atoms with Crippen LogP contribution in [0.15, 0.2) is 66.7 Å². The van der Waals surface area contributed by atoms with E-state index in [1.807, 2.05) is 46.2 Å². The maximum absolute atomic E-state index is 14.1. The van der Waals surface area contributed by atoms with Crippen molar-refractivity contribution in [2.24, 2.45) is 0 Å². The van der Waals surface area contributed by atoms with Gasteiger partial charge in [0.2, 0.25) is 5.91 Å². The Bertz CT molecular complexity index is 1270. The van der Waals surface area contributed by atoms with Crippen molar-refractivity contribution in [2.75, 3.05) is 36.4 Å². The molecule has 0 atom stereocenters. The number of carbonyl (C=O) groups is 1. The van der Waals surface area contributed by atoms with E-state index in [9.17, 15) is 9.18 Å². The summed E-state index contributed by atoms with van der Waals surface area (Å²) in [4.78, 5) is 16.6. The largest absolute Gasteiger partial charge is 0.366 e. The summed E-state index contributed by atoms with van der Waals surface area (Å²) in [5.41, 5.74) is 2.40. The summed E-state index contributed by atoms with van der Waals surface area (Å²) < 4.78 is 15.7. The second-order valence-electron chi connectivity index (χ2n) is 8.26. The van der Waals surface area contributed by atoms with Crippen molar-refractivity contribution in [3.8, 4) is 0 Å². The Morgan fingerprint density at radius 1 is 0.912 bits per heavy atom. The lowest BCUT2D eigenvalue weighted by Gasteiger charge is -2.36. The summed E-state index contributed by atoms with van der Waals surface area (Å²) in [6.45, 7) is 3.02. The number of hydrogen-bond acceptors (Lipinski definition) is 6. The summed E-state index contributed by atoms with van der Waals surface area (Å²) in [5, 5.41) is 16.3. The van der Waals surface area contributed by atoms with Gasteiger partial charge in [0.05, 0.1) is 5.69 Å². The summed E-state index contributed by atoms with van der Waals surface area (Å²) >= 11 is 0. The first kappa shape index (κ1) is 21.8. The van der Waals surface area contributed by atoms with E-state index < -0.39 is 0 Å². The highest BCUT2D eigenvalue weighted by Crippen LogP contribution is 2.20. The van der Waals surface area contributed by atoms with Crippen molar-refractivity contribution in [3.63, 3.8) is 0 Å². The Balaban J connectivity index is 1.17. The normalized spacial score (nSPS) is 13.9. The zero-order chi connectivity index (χ0) is 23.3. The lowest BCUT2D eigenvalue weighted by Crippen LogP contribution is -2.49. The third kappa shape index (κ3) is 4.83. The number of hydrogen-bond donors (Lipinski definition) is 1. The molecule has 8 nitrogen and oxygen atoms in total. The van der Waals surface area contributed by atoms with Crippen LogP contribution in [0.1, 0.15) is 17.8 Å². The van der Waals surface area contributed by atoms with E-state index in [1.54, 1.807) is 16.6 Å². The SMILES string of the molecule is O=C(CCc1nnc2ccc(NCc3ccccc3)nn12)N1CCN(c2ccccc2F)CC1. The average Bonchev–Trinajstić information content (AvgIpc) is 3.29. The molecule has 0 bridgehead atoms. The van der Waals surface area contributed by atoms with Crippen LogP contribution in [0.25, 0.3) is 5.65 Å². The molecule has 1 aliphatic rings. The molecule has 1 amide bonds. The number of anilines is 2. The summed E-state index contributed by atoms with van der Waals surface area (Å²) in [6.07, 6.45) is 0.770. The van der Waals surface area contributed by atoms with E-state index in [4.69, 9.17) is 0 Å². The van der Waals surface area contributed by atoms with Crippen LogP contribution in [0.2, 0.25) is 0 Å². The minimum absolute atomic E-state index is 0.0586. The topological polar surface area (TPSA) is 78.7 Å². The quantitative estimate of drug-likeness (QED) is 0.458. The molecule has 5 rings (SSSR count). The molecule has 34 heavy (non-hydrogen) atoms. The summed E-state index contributed by atoms with van der Waals surface area (Å²) in [7, 11) is 0. The molecule has 0 spiro atoms. The van der Waals surface area contributed by atoms with Crippen LogP contribution in [-0.4, -0.2) is 56.8 Å². The first-order chi connectivity index (χ1) is 16.7. The van der Waals surface area contributed by atoms with E-state index >= 15 is 0 Å². The van der Waals surface area contributed by atoms with Crippen molar-refractivity contribution < 1.29 is 9.18 Å². The van der Waals surface area contributed by atoms with Crippen molar-refractivity contribution in [3.05, 3.63) is 83.9 Å². The number of nitrogens with zero attached hydrogens (tertiary/aromatic N) is 6. The molecule has 0 unspecified atom stereocenters. The molecule has 1 aliphatic heterocycles. The van der Waals surface area contributed by atoms with E-state index in [0.717, 1.165) is 5.56 Å². The molecular weight excluding hydrogens is 433 g/mol. The first-order valence-electron chi connectivity index (χ1n) is 11.4. The number of piperazine rings is 1. The standard InChI is InChI=1S/C25H26FN7O/c26-20-8-4-5-9-21(20)31-14-16-32(17-15-31)25(34)13-12-24-29-28-23-11-10-22(30-33(23)24)27-18-19-6-2-1-3-7-19/h1-11H,12-18H2,(H,27,30). The van der Waals surface area contributed by atoms with Gasteiger partial charge >= 0.3 is 0 Å². The van der Waals surface area contributed by atoms with Crippen LogP contribution in [0.4, 0.5) is 15.9 Å². The van der Waals surface area contributed by atoms with E-state index in [1.165, 1.54) is 6.07 Å². The number of carbonyl (C=O) groups excluding carboxylic acids is 1. The maximum Gasteiger partial charge on any atom is 0.223 e. The van der Waals surface area contributed by atoms with Crippen molar-refractivity contribution >= 4 is 23.1 Å². The van der Waals surface area contributed by atoms with Crippen molar-refractivity contribution in [1.29, 1.82) is 0 Å². The lowest BCUT2D eigenvalue weighted by molar-refractivity contribution is -0.131. The smallest absolute Gasteiger partial charge is 0.223 e. The molecule has 174 valence electrons. The minimum Gasteiger partial charge on any atom is -0.366 e. The highest BCUT2D eigenvalue weighted by molar-refractivity contribution is 5.76. The molecule has 1 fully saturated rings. The number of benzene rings is 2. The minimum atomic E-state index is -0.230. The Hall–Kier alpha value is -4.01. The molecule has 2 aromatic carbocycles. The van der Waals surface area contributed by atoms with Gasteiger partial charge in [0.25, 0.3) is 0 Å². The number of para-hydroxylation sites is 1. The summed E-state index contributed by atoms with van der Waals surface area (Å²) in [6, 6.07) is 20.6. The Labute approximate surface area is 197 Å². The number of rotatable bonds is 7. The second-order valence-corrected chi connectivity index (χ2v) is 8.26. The lowest BCUT2D eigenvalue weighted by atomic mass is 10.2. The van der Waals surface area contributed by atoms with Crippen molar-refractivity contribution in [1.82, 2.24) is 24.7 Å². The third-order valence-electron chi connectivity index (χ3n) is 6.03. The van der Waals surface area contributed by atoms with Crippen LogP contribution >= 0.6 is 0 Å². The fourth-order valence-corrected chi connectivity index (χ4v) is 4.15. The van der Waals surface area contributed by atoms with Crippen LogP contribution in [0, 0.1) is 5.82 Å². The molecule has 3 heterocycles. The van der Waals surface area contributed by atoms with E-state index in [0.29, 0.717) is 68.5 Å². The number of aromatic nitrogens is 4. The summed E-state index contributed by atoms with van der Waals surface area (Å²) in [5.74, 6) is 1.19. The number of aryl methyl sites for hydroxylation is 1. The predicted molar refractivity (Wildman–Crippen MR) is 128 cm³/mol. The van der Waals surface area contributed by atoms with Gasteiger partial charge in [-0.05, 0) is 29.8 Å². The van der Waals surface area contributed by atoms with Crippen LogP contribution < -0.4 is 10.2 Å². The van der Waals surface area contributed by atoms with Gasteiger partial charge in [0, 0.05) is 45.6 Å². The molecule has 1 saturated heterocycles. The predicted octanol–water partition coefficient (Wildman–Crippen LogP) is 3.16. The molecule has 9 heteroatoms. The fourth-order valence-electron chi connectivity index (χ4n) is 4.15. The van der Waals surface area contributed by atoms with Gasteiger partial charge in [0.15, 0.2) is 11.5 Å². The molecule has 1 N–H and O–H groups in total. The maximum atomic E-state index is 14.1. The van der Waals surface area contributed by atoms with Gasteiger partial charge in [-0.1, -0.05) is 42.5 Å². The van der Waals surface area contributed by atoms with Crippen LogP contribution in [-0.2, 0) is 17.8 Å². The molecular formula is C25H26FN7O. The van der Waals surface area contributed by atoms with Gasteiger partial charge in [0.1, 0.15) is 11.6 Å². The fraction of sp³-hybridized carbons (Fsp3) is 0.280. The van der Waals surface area contributed by atoms with E-state index in [2.05, 4.69) is 32.7 Å². The van der Waals surface area contributed by atoms with Gasteiger partial charge in [-0.25, -0.2) is 4.39 Å². The zero-order valence-electron chi connectivity index (χ0n) is 18.8. The van der Waals surface area contributed by atoms with Crippen LogP contribution in [0.3, 0.4) is 0 Å². The number of fused-ring (bicyclic) bond motifs is 1. The molecule has 0 saturated carbocycles. The van der Waals surface area contributed by atoms with Gasteiger partial charge in [-0.2, -0.15) is 4.52 Å². The molecule has 4 aromatic rings. The third-order valence-corrected chi connectivity index (χ3v) is 6.03. The van der Waals surface area contributed by atoms with Crippen molar-refractivity contribution in [2.45, 2.75) is 19.4 Å². The number of amides is 1. The Morgan fingerprint density at radius 3 is 2.47 bits per heavy atom. The van der Waals surface area contributed by atoms with Gasteiger partial charge < -0.3 is 15.1 Å². The van der Waals surface area contributed by atoms with E-state index in [-0.39, 0.29) is 11.7 Å². The monoisotopic (exact) mass is 459 g/mol. The zero-order valence-corrected chi connectivity index (χ0v) is 18.8. The number of halogens is 1. The van der Waals surface area contributed by atoms with Crippen LogP contribution in [0.5, 0.6) is 0 Å². The Morgan fingerprint density at radius 2 is 1.68 bits per heavy atom. The van der Waals surface area contributed by atoms with Gasteiger partial charge in [-0.15, -0.1) is 15.3 Å². The Kier molecular flexibility index (Phi) is 6.33. The average molecular weight is 460 g/mol. The highest BCUT2D eigenvalue weighted by Gasteiger charge is 2.23. The molecule has 0 aliphatic carbocycles. The molecule has 2 aromatic heterocycles. The van der Waals surface area contributed by atoms with Gasteiger partial charge in [-0.3, -0.25) is 4.79 Å². The number of nitrogens with one attached hydrogen (secondary N) is 1. The first-order valence-corrected chi connectivity index (χ1v) is 11.4.